The average molecular weight is 743 g/mol. The molecule has 8 heteroatoms. The molecule has 0 fully saturated rings. The summed E-state index contributed by atoms with van der Waals surface area (Å²) in [6.45, 7) is 29.4. The van der Waals surface area contributed by atoms with Crippen molar-refractivity contribution >= 4 is 76.5 Å². The lowest BCUT2D eigenvalue weighted by molar-refractivity contribution is -0.266. The van der Waals surface area contributed by atoms with Crippen molar-refractivity contribution in [3.05, 3.63) is 81.9 Å². The van der Waals surface area contributed by atoms with Gasteiger partial charge in [-0.2, -0.15) is 0 Å². The number of aromatic nitrogens is 4. The van der Waals surface area contributed by atoms with E-state index in [2.05, 4.69) is 90.1 Å². The van der Waals surface area contributed by atoms with E-state index >= 15 is 0 Å². The number of benzene rings is 6. The molecular formula is C48H50N6O2. The summed E-state index contributed by atoms with van der Waals surface area (Å²) in [6, 6.07) is 17.6. The van der Waals surface area contributed by atoms with Gasteiger partial charge in [0.2, 0.25) is 0 Å². The molecule has 0 atom stereocenters. The van der Waals surface area contributed by atoms with Crippen LogP contribution in [0.3, 0.4) is 0 Å². The number of hydrogen-bond donors (Lipinski definition) is 0. The van der Waals surface area contributed by atoms with Crippen molar-refractivity contribution in [3.8, 4) is 0 Å². The van der Waals surface area contributed by atoms with Crippen LogP contribution in [0.25, 0.3) is 76.5 Å². The lowest BCUT2D eigenvalue weighted by atomic mass is 9.80. The van der Waals surface area contributed by atoms with E-state index in [0.29, 0.717) is 0 Å². The maximum Gasteiger partial charge on any atom is 0.0979 e. The van der Waals surface area contributed by atoms with Crippen LogP contribution in [0, 0.1) is 0 Å². The van der Waals surface area contributed by atoms with Crippen molar-refractivity contribution in [3.63, 3.8) is 0 Å². The van der Waals surface area contributed by atoms with Crippen molar-refractivity contribution in [2.45, 2.75) is 130 Å². The monoisotopic (exact) mass is 742 g/mol. The van der Waals surface area contributed by atoms with Crippen molar-refractivity contribution in [2.75, 3.05) is 0 Å². The highest BCUT2D eigenvalue weighted by Crippen LogP contribution is 2.52. The van der Waals surface area contributed by atoms with Crippen LogP contribution < -0.4 is 0 Å². The summed E-state index contributed by atoms with van der Waals surface area (Å²) in [5.74, 6) is 0. The second-order valence-corrected chi connectivity index (χ2v) is 20.8. The molecule has 0 saturated carbocycles. The highest BCUT2D eigenvalue weighted by Gasteiger charge is 2.51. The highest BCUT2D eigenvalue weighted by molar-refractivity contribution is 6.39. The molecule has 0 bridgehead atoms. The summed E-state index contributed by atoms with van der Waals surface area (Å²) in [4.78, 5) is 22.0. The first-order chi connectivity index (χ1) is 25.8. The van der Waals surface area contributed by atoms with E-state index in [1.54, 1.807) is 0 Å². The molecule has 8 nitrogen and oxygen atoms in total. The number of nitrogens with zero attached hydrogens (tertiary/aromatic N) is 6. The third-order valence-electron chi connectivity index (χ3n) is 13.6. The van der Waals surface area contributed by atoms with Gasteiger partial charge in [0.05, 0.1) is 66.3 Å². The quantitative estimate of drug-likeness (QED) is 0.113. The van der Waals surface area contributed by atoms with Gasteiger partial charge < -0.3 is 0 Å². The second kappa shape index (κ2) is 10.3. The van der Waals surface area contributed by atoms with E-state index < -0.39 is 22.2 Å². The number of hydroxylamine groups is 4. The Morgan fingerprint density at radius 3 is 0.804 bits per heavy atom. The van der Waals surface area contributed by atoms with Crippen LogP contribution >= 0.6 is 0 Å². The fraction of sp³-hybridized carbons (Fsp3) is 0.417. The molecule has 0 spiro atoms. The Morgan fingerprint density at radius 2 is 0.607 bits per heavy atom. The molecule has 2 aromatic heterocycles. The van der Waals surface area contributed by atoms with Gasteiger partial charge in [0.15, 0.2) is 0 Å². The lowest BCUT2D eigenvalue weighted by Gasteiger charge is -2.32. The Bertz CT molecular complexity index is 2700. The van der Waals surface area contributed by atoms with Crippen molar-refractivity contribution in [2.24, 2.45) is 0 Å². The Hall–Kier alpha value is -4.60. The van der Waals surface area contributed by atoms with E-state index in [1.165, 1.54) is 21.3 Å². The molecule has 0 amide bonds. The predicted octanol–water partition coefficient (Wildman–Crippen LogP) is 11.6. The molecule has 0 unspecified atom stereocenters. The molecule has 284 valence electrons. The first kappa shape index (κ1) is 35.8. The van der Waals surface area contributed by atoms with Gasteiger partial charge in [-0.05, 0) is 148 Å². The minimum absolute atomic E-state index is 0.181. The fourth-order valence-electron chi connectivity index (χ4n) is 10.3. The van der Waals surface area contributed by atoms with Crippen LogP contribution in [0.15, 0.2) is 48.5 Å². The second-order valence-electron chi connectivity index (χ2n) is 20.8. The first-order valence-electron chi connectivity index (χ1n) is 19.9. The van der Waals surface area contributed by atoms with Crippen LogP contribution in [-0.4, -0.2) is 30.1 Å². The fourth-order valence-corrected chi connectivity index (χ4v) is 10.3. The molecule has 4 heterocycles. The average Bonchev–Trinajstić information content (AvgIpc) is 3.34. The number of fused-ring (bicyclic) bond motifs is 10. The first-order valence-corrected chi connectivity index (χ1v) is 19.9. The number of rotatable bonds is 0. The molecule has 0 aliphatic carbocycles. The molecule has 0 N–H and O–H groups in total. The predicted molar refractivity (Wildman–Crippen MR) is 226 cm³/mol. The Labute approximate surface area is 327 Å². The van der Waals surface area contributed by atoms with Crippen LogP contribution in [0.2, 0.25) is 0 Å². The smallest absolute Gasteiger partial charge is 0.0979 e. The minimum Gasteiger partial charge on any atom is -0.244 e. The molecule has 8 aromatic rings. The van der Waals surface area contributed by atoms with E-state index in [4.69, 9.17) is 19.9 Å². The Kier molecular flexibility index (Phi) is 6.57. The molecule has 2 aliphatic rings. The maximum atomic E-state index is 13.7. The van der Waals surface area contributed by atoms with Gasteiger partial charge in [-0.1, -0.05) is 41.5 Å². The van der Waals surface area contributed by atoms with Gasteiger partial charge in [-0.15, -0.1) is 20.5 Å². The van der Waals surface area contributed by atoms with Gasteiger partial charge in [-0.3, -0.25) is 0 Å². The summed E-state index contributed by atoms with van der Waals surface area (Å²) < 4.78 is 0. The maximum absolute atomic E-state index is 13.7. The third kappa shape index (κ3) is 4.33. The van der Waals surface area contributed by atoms with Crippen LogP contribution in [0.1, 0.15) is 130 Å². The van der Waals surface area contributed by atoms with E-state index in [0.717, 1.165) is 98.7 Å². The summed E-state index contributed by atoms with van der Waals surface area (Å²) in [5, 5.41) is 36.2. The van der Waals surface area contributed by atoms with E-state index in [9.17, 15) is 10.4 Å². The Balaban J connectivity index is 1.44. The van der Waals surface area contributed by atoms with Crippen molar-refractivity contribution in [1.82, 2.24) is 30.1 Å². The van der Waals surface area contributed by atoms with Gasteiger partial charge in [0.25, 0.3) is 0 Å². The normalized spacial score (nSPS) is 19.5. The number of hydrogen-bond acceptors (Lipinski definition) is 6. The van der Waals surface area contributed by atoms with Gasteiger partial charge >= 0.3 is 0 Å². The minimum atomic E-state index is -0.707. The highest BCUT2D eigenvalue weighted by atomic mass is 16.5. The third-order valence-corrected chi connectivity index (χ3v) is 13.6. The molecular weight excluding hydrogens is 693 g/mol. The van der Waals surface area contributed by atoms with Gasteiger partial charge in [0.1, 0.15) is 0 Å². The lowest BCUT2D eigenvalue weighted by Crippen LogP contribution is -2.41. The summed E-state index contributed by atoms with van der Waals surface area (Å²) in [7, 11) is 0. The van der Waals surface area contributed by atoms with E-state index in [1.807, 2.05) is 55.4 Å². The van der Waals surface area contributed by atoms with Crippen LogP contribution in [0.4, 0.5) is 0 Å². The zero-order valence-electron chi connectivity index (χ0n) is 35.1. The summed E-state index contributed by atoms with van der Waals surface area (Å²) >= 11 is 0. The zero-order chi connectivity index (χ0) is 40.2. The molecule has 10 rings (SSSR count). The van der Waals surface area contributed by atoms with Crippen molar-refractivity contribution < 1.29 is 10.4 Å². The topological polar surface area (TPSA) is 97.8 Å². The van der Waals surface area contributed by atoms with Crippen LogP contribution in [-0.2, 0) is 43.4 Å². The molecule has 6 aromatic carbocycles. The van der Waals surface area contributed by atoms with Gasteiger partial charge in [-0.25, -0.2) is 19.9 Å². The molecule has 2 radical (unpaired) electrons. The summed E-state index contributed by atoms with van der Waals surface area (Å²) in [6.07, 6.45) is 0. The van der Waals surface area contributed by atoms with Gasteiger partial charge in [0, 0.05) is 32.3 Å². The Morgan fingerprint density at radius 1 is 0.393 bits per heavy atom. The largest absolute Gasteiger partial charge is 0.244 e. The molecule has 56 heavy (non-hydrogen) atoms. The van der Waals surface area contributed by atoms with Crippen LogP contribution in [0.5, 0.6) is 0 Å². The standard InChI is InChI=1S/C48H50N6O2/c1-43(2,3)23-15-25-37-26(16-23)40-42(52-36-22-32-30(20-34(36)50-40)46(9,10)54(56)48(32,13)14)28-18-24(44(4,5)6)17-27(38(28)37)41-39(25)49-33-19-29-31(21-35(33)51-41)47(11,12)53(55)45(29,7)8/h15-22H,1-14H3. The van der Waals surface area contributed by atoms with Crippen molar-refractivity contribution in [1.29, 1.82) is 0 Å². The zero-order valence-corrected chi connectivity index (χ0v) is 35.1. The SMILES string of the molecule is CC(C)(C)c1cc2c3nc4cc5c(cc4nc3c3cc(C(C)(C)C)cc4c6nc7cc8c(cc7nc6c(c1)c2c34)C(C)(C)N([O])C8(C)C)C(C)(C)N([O])C5(C)C. The summed E-state index contributed by atoms with van der Waals surface area (Å²) in [5.41, 5.74) is 9.60. The van der Waals surface area contributed by atoms with E-state index in [-0.39, 0.29) is 10.8 Å². The molecule has 2 aliphatic heterocycles. The molecule has 0 saturated heterocycles.